The summed E-state index contributed by atoms with van der Waals surface area (Å²) in [6.45, 7) is 2.30. The molecule has 1 unspecified atom stereocenters. The first kappa shape index (κ1) is 20.5. The number of piperidine rings is 2. The third-order valence-electron chi connectivity index (χ3n) is 6.38. The zero-order valence-electron chi connectivity index (χ0n) is 17.7. The molecule has 4 rings (SSSR count). The van der Waals surface area contributed by atoms with Gasteiger partial charge < -0.3 is 24.8 Å². The second kappa shape index (κ2) is 8.16. The average Bonchev–Trinajstić information content (AvgIpc) is 2.88. The van der Waals surface area contributed by atoms with Crippen molar-refractivity contribution in [3.8, 4) is 5.75 Å². The molecule has 8 heteroatoms. The SMILES string of the molecule is CN(C)C(=O)N1CCCC(C(=O)N2CCC3(CC2)CC(=O)Nc2ccccc2O3)C1. The van der Waals surface area contributed by atoms with E-state index in [0.717, 1.165) is 12.8 Å². The van der Waals surface area contributed by atoms with Gasteiger partial charge in [-0.15, -0.1) is 0 Å². The minimum absolute atomic E-state index is 0.0402. The molecule has 0 saturated carbocycles. The van der Waals surface area contributed by atoms with Crippen molar-refractivity contribution in [1.29, 1.82) is 0 Å². The number of rotatable bonds is 1. The third-order valence-corrected chi connectivity index (χ3v) is 6.38. The van der Waals surface area contributed by atoms with Gasteiger partial charge in [-0.05, 0) is 25.0 Å². The van der Waals surface area contributed by atoms with Gasteiger partial charge in [0.2, 0.25) is 11.8 Å². The summed E-state index contributed by atoms with van der Waals surface area (Å²) >= 11 is 0. The Morgan fingerprint density at radius 2 is 1.87 bits per heavy atom. The fourth-order valence-electron chi connectivity index (χ4n) is 4.72. The third kappa shape index (κ3) is 4.08. The Labute approximate surface area is 177 Å². The molecule has 8 nitrogen and oxygen atoms in total. The number of hydrogen-bond donors (Lipinski definition) is 1. The van der Waals surface area contributed by atoms with Crippen LogP contribution in [-0.4, -0.2) is 78.4 Å². The Hall–Kier alpha value is -2.77. The summed E-state index contributed by atoms with van der Waals surface area (Å²) in [7, 11) is 3.47. The van der Waals surface area contributed by atoms with E-state index < -0.39 is 5.60 Å². The van der Waals surface area contributed by atoms with Crippen LogP contribution >= 0.6 is 0 Å². The molecule has 1 aromatic carbocycles. The van der Waals surface area contributed by atoms with E-state index in [9.17, 15) is 14.4 Å². The van der Waals surface area contributed by atoms with Crippen LogP contribution in [0, 0.1) is 5.92 Å². The number of urea groups is 1. The quantitative estimate of drug-likeness (QED) is 0.764. The highest BCUT2D eigenvalue weighted by atomic mass is 16.5. The minimum Gasteiger partial charge on any atom is -0.484 e. The summed E-state index contributed by atoms with van der Waals surface area (Å²) in [5.74, 6) is 0.591. The summed E-state index contributed by atoms with van der Waals surface area (Å²) in [6.07, 6.45) is 3.18. The lowest BCUT2D eigenvalue weighted by Crippen LogP contribution is -2.54. The number of amides is 4. The standard InChI is InChI=1S/C22H30N4O4/c1-24(2)21(29)26-11-5-6-16(15-26)20(28)25-12-9-22(10-13-25)14-19(27)23-17-7-3-4-8-18(17)30-22/h3-4,7-8,16H,5-6,9-15H2,1-2H3,(H,23,27). The summed E-state index contributed by atoms with van der Waals surface area (Å²) in [4.78, 5) is 43.1. The van der Waals surface area contributed by atoms with Crippen molar-refractivity contribution in [2.24, 2.45) is 5.92 Å². The zero-order valence-corrected chi connectivity index (χ0v) is 17.7. The molecule has 1 atom stereocenters. The molecule has 1 spiro atoms. The molecule has 0 bridgehead atoms. The number of carbonyl (C=O) groups excluding carboxylic acids is 3. The van der Waals surface area contributed by atoms with E-state index in [0.29, 0.717) is 50.5 Å². The Morgan fingerprint density at radius 1 is 1.13 bits per heavy atom. The highest BCUT2D eigenvalue weighted by molar-refractivity contribution is 5.93. The maximum Gasteiger partial charge on any atom is 0.319 e. The monoisotopic (exact) mass is 414 g/mol. The first-order chi connectivity index (χ1) is 14.4. The predicted molar refractivity (Wildman–Crippen MR) is 112 cm³/mol. The van der Waals surface area contributed by atoms with Crippen LogP contribution in [0.4, 0.5) is 10.5 Å². The first-order valence-corrected chi connectivity index (χ1v) is 10.7. The van der Waals surface area contributed by atoms with Gasteiger partial charge in [0.15, 0.2) is 0 Å². The van der Waals surface area contributed by atoms with E-state index in [1.807, 2.05) is 29.2 Å². The molecule has 1 aromatic rings. The maximum atomic E-state index is 13.1. The van der Waals surface area contributed by atoms with Crippen LogP contribution in [0.5, 0.6) is 5.75 Å². The van der Waals surface area contributed by atoms with Gasteiger partial charge in [-0.2, -0.15) is 0 Å². The fraction of sp³-hybridized carbons (Fsp3) is 0.591. The maximum absolute atomic E-state index is 13.1. The topological polar surface area (TPSA) is 82.2 Å². The first-order valence-electron chi connectivity index (χ1n) is 10.7. The zero-order chi connectivity index (χ0) is 21.3. The van der Waals surface area contributed by atoms with Crippen LogP contribution in [0.15, 0.2) is 24.3 Å². The van der Waals surface area contributed by atoms with Gasteiger partial charge >= 0.3 is 6.03 Å². The number of para-hydroxylation sites is 2. The number of fused-ring (bicyclic) bond motifs is 1. The molecule has 3 heterocycles. The summed E-state index contributed by atoms with van der Waals surface area (Å²) in [5, 5.41) is 2.92. The van der Waals surface area contributed by atoms with Crippen molar-refractivity contribution >= 4 is 23.5 Å². The molecule has 3 aliphatic heterocycles. The molecule has 0 aliphatic carbocycles. The number of hydrogen-bond acceptors (Lipinski definition) is 4. The van der Waals surface area contributed by atoms with E-state index in [1.54, 1.807) is 23.9 Å². The summed E-state index contributed by atoms with van der Waals surface area (Å²) in [5.41, 5.74) is 0.123. The molecule has 0 radical (unpaired) electrons. The van der Waals surface area contributed by atoms with Crippen LogP contribution in [0.1, 0.15) is 32.1 Å². The average molecular weight is 415 g/mol. The molecule has 2 saturated heterocycles. The van der Waals surface area contributed by atoms with Crippen molar-refractivity contribution in [3.05, 3.63) is 24.3 Å². The number of ether oxygens (including phenoxy) is 1. The molecule has 162 valence electrons. The van der Waals surface area contributed by atoms with Crippen LogP contribution in [0.2, 0.25) is 0 Å². The van der Waals surface area contributed by atoms with Crippen LogP contribution in [0.25, 0.3) is 0 Å². The van der Waals surface area contributed by atoms with Crippen molar-refractivity contribution in [3.63, 3.8) is 0 Å². The van der Waals surface area contributed by atoms with Crippen LogP contribution < -0.4 is 10.1 Å². The Balaban J connectivity index is 1.40. The van der Waals surface area contributed by atoms with Gasteiger partial charge in [0.25, 0.3) is 0 Å². The van der Waals surface area contributed by atoms with Gasteiger partial charge in [-0.25, -0.2) is 4.79 Å². The van der Waals surface area contributed by atoms with Gasteiger partial charge in [0.05, 0.1) is 18.0 Å². The van der Waals surface area contributed by atoms with E-state index in [2.05, 4.69) is 5.32 Å². The van der Waals surface area contributed by atoms with Crippen molar-refractivity contribution in [2.75, 3.05) is 45.6 Å². The predicted octanol–water partition coefficient (Wildman–Crippen LogP) is 2.16. The lowest BCUT2D eigenvalue weighted by molar-refractivity contribution is -0.141. The molecule has 30 heavy (non-hydrogen) atoms. The van der Waals surface area contributed by atoms with Gasteiger partial charge in [-0.3, -0.25) is 9.59 Å². The molecular formula is C22H30N4O4. The van der Waals surface area contributed by atoms with Gasteiger partial charge in [0, 0.05) is 53.1 Å². The second-order valence-electron chi connectivity index (χ2n) is 8.79. The minimum atomic E-state index is -0.576. The molecular weight excluding hydrogens is 384 g/mol. The Bertz CT molecular complexity index is 832. The Morgan fingerprint density at radius 3 is 2.60 bits per heavy atom. The van der Waals surface area contributed by atoms with E-state index >= 15 is 0 Å². The number of nitrogens with one attached hydrogen (secondary N) is 1. The molecule has 4 amide bonds. The number of anilines is 1. The largest absolute Gasteiger partial charge is 0.484 e. The van der Waals surface area contributed by atoms with Crippen molar-refractivity contribution in [1.82, 2.24) is 14.7 Å². The Kier molecular flexibility index (Phi) is 5.58. The second-order valence-corrected chi connectivity index (χ2v) is 8.79. The highest BCUT2D eigenvalue weighted by Crippen LogP contribution is 2.38. The summed E-state index contributed by atoms with van der Waals surface area (Å²) < 4.78 is 6.32. The van der Waals surface area contributed by atoms with Crippen molar-refractivity contribution < 1.29 is 19.1 Å². The molecule has 1 N–H and O–H groups in total. The molecule has 3 aliphatic rings. The summed E-state index contributed by atoms with van der Waals surface area (Å²) in [6, 6.07) is 7.44. The van der Waals surface area contributed by atoms with Gasteiger partial charge in [-0.1, -0.05) is 12.1 Å². The van der Waals surface area contributed by atoms with E-state index in [1.165, 1.54) is 0 Å². The smallest absolute Gasteiger partial charge is 0.319 e. The number of likely N-dealkylation sites (tertiary alicyclic amines) is 2. The van der Waals surface area contributed by atoms with E-state index in [4.69, 9.17) is 4.74 Å². The van der Waals surface area contributed by atoms with E-state index in [-0.39, 0.29) is 30.2 Å². The fourth-order valence-corrected chi connectivity index (χ4v) is 4.72. The highest BCUT2D eigenvalue weighted by Gasteiger charge is 2.43. The van der Waals surface area contributed by atoms with Gasteiger partial charge in [0.1, 0.15) is 11.4 Å². The molecule has 0 aromatic heterocycles. The van der Waals surface area contributed by atoms with Crippen LogP contribution in [-0.2, 0) is 9.59 Å². The molecule has 2 fully saturated rings. The number of benzene rings is 1. The lowest BCUT2D eigenvalue weighted by atomic mass is 9.86. The number of nitrogens with zero attached hydrogens (tertiary/aromatic N) is 3. The van der Waals surface area contributed by atoms with Crippen molar-refractivity contribution in [2.45, 2.75) is 37.7 Å². The lowest BCUT2D eigenvalue weighted by Gasteiger charge is -2.42. The number of carbonyl (C=O) groups is 3. The van der Waals surface area contributed by atoms with Crippen LogP contribution in [0.3, 0.4) is 0 Å². The normalized spacial score (nSPS) is 23.1.